The van der Waals surface area contributed by atoms with Crippen LogP contribution in [0.3, 0.4) is 0 Å². The lowest BCUT2D eigenvalue weighted by molar-refractivity contribution is -0.180. The molecule has 2 rings (SSSR count). The highest BCUT2D eigenvalue weighted by molar-refractivity contribution is 5.80. The summed E-state index contributed by atoms with van der Waals surface area (Å²) in [5.74, 6) is -0.0764. The molecule has 2 aliphatic rings. The Labute approximate surface area is 79.8 Å². The zero-order valence-electron chi connectivity index (χ0n) is 8.56. The summed E-state index contributed by atoms with van der Waals surface area (Å²) in [7, 11) is 0. The molecule has 0 aromatic carbocycles. The van der Waals surface area contributed by atoms with Crippen molar-refractivity contribution in [1.82, 2.24) is 5.32 Å². The van der Waals surface area contributed by atoms with Gasteiger partial charge in [0.25, 0.3) is 0 Å². The summed E-state index contributed by atoms with van der Waals surface area (Å²) in [6.07, 6.45) is 4.22. The maximum absolute atomic E-state index is 10.3. The van der Waals surface area contributed by atoms with Crippen molar-refractivity contribution in [3.8, 4) is 0 Å². The smallest absolute Gasteiger partial charge is 0.315 e. The number of hydrogen-bond acceptors (Lipinski definition) is 3. The Morgan fingerprint density at radius 2 is 1.77 bits per heavy atom. The standard InChI is InChI=1S/C5H11N.C5H8O2/c1-2-4-6-5-3-1;1-5(2)3-7-4(5)6/h6H,1-5H2;3H2,1-2H3. The fourth-order valence-corrected chi connectivity index (χ4v) is 1.22. The van der Waals surface area contributed by atoms with E-state index < -0.39 is 0 Å². The summed E-state index contributed by atoms with van der Waals surface area (Å²) in [6.45, 7) is 6.84. The maximum atomic E-state index is 10.3. The summed E-state index contributed by atoms with van der Waals surface area (Å²) in [5.41, 5.74) is -0.181. The Morgan fingerprint density at radius 1 is 1.23 bits per heavy atom. The highest BCUT2D eigenvalue weighted by Gasteiger charge is 2.39. The zero-order valence-corrected chi connectivity index (χ0v) is 8.56. The van der Waals surface area contributed by atoms with Crippen molar-refractivity contribution < 1.29 is 9.53 Å². The van der Waals surface area contributed by atoms with Crippen molar-refractivity contribution in [1.29, 1.82) is 0 Å². The Balaban J connectivity index is 0.000000132. The predicted molar refractivity (Wildman–Crippen MR) is 51.5 cm³/mol. The van der Waals surface area contributed by atoms with Crippen LogP contribution in [0.4, 0.5) is 0 Å². The van der Waals surface area contributed by atoms with E-state index >= 15 is 0 Å². The minimum atomic E-state index is -0.181. The van der Waals surface area contributed by atoms with Crippen LogP contribution in [0.5, 0.6) is 0 Å². The number of esters is 1. The molecule has 0 bridgehead atoms. The normalized spacial score (nSPS) is 24.9. The first-order valence-corrected chi connectivity index (χ1v) is 5.01. The van der Waals surface area contributed by atoms with Gasteiger partial charge < -0.3 is 10.1 Å². The van der Waals surface area contributed by atoms with Gasteiger partial charge in [-0.3, -0.25) is 4.79 Å². The van der Waals surface area contributed by atoms with Crippen LogP contribution in [-0.2, 0) is 9.53 Å². The van der Waals surface area contributed by atoms with Gasteiger partial charge in [-0.15, -0.1) is 0 Å². The van der Waals surface area contributed by atoms with Crippen molar-refractivity contribution in [2.45, 2.75) is 33.1 Å². The first kappa shape index (κ1) is 10.5. The van der Waals surface area contributed by atoms with Crippen LogP contribution < -0.4 is 5.32 Å². The van der Waals surface area contributed by atoms with Gasteiger partial charge in [-0.2, -0.15) is 0 Å². The molecular weight excluding hydrogens is 166 g/mol. The van der Waals surface area contributed by atoms with E-state index in [2.05, 4.69) is 10.1 Å². The minimum absolute atomic E-state index is 0.0764. The second-order valence-corrected chi connectivity index (χ2v) is 4.27. The topological polar surface area (TPSA) is 38.3 Å². The first-order chi connectivity index (χ1) is 6.13. The van der Waals surface area contributed by atoms with Crippen LogP contribution >= 0.6 is 0 Å². The van der Waals surface area contributed by atoms with Gasteiger partial charge in [-0.25, -0.2) is 0 Å². The molecule has 0 radical (unpaired) electrons. The van der Waals surface area contributed by atoms with E-state index in [1.807, 2.05) is 13.8 Å². The molecule has 0 aromatic rings. The number of cyclic esters (lactones) is 1. The predicted octanol–water partition coefficient (Wildman–Crippen LogP) is 1.33. The molecule has 13 heavy (non-hydrogen) atoms. The Hall–Kier alpha value is -0.570. The summed E-state index contributed by atoms with van der Waals surface area (Å²) < 4.78 is 4.51. The number of piperidine rings is 1. The third-order valence-electron chi connectivity index (χ3n) is 2.32. The fraction of sp³-hybridized carbons (Fsp3) is 0.900. The molecule has 0 atom stereocenters. The van der Waals surface area contributed by atoms with E-state index in [9.17, 15) is 4.79 Å². The average Bonchev–Trinajstić information content (AvgIpc) is 2.19. The molecule has 1 N–H and O–H groups in total. The monoisotopic (exact) mass is 185 g/mol. The molecule has 2 aliphatic heterocycles. The molecule has 0 amide bonds. The zero-order chi connectivity index (χ0) is 9.73. The van der Waals surface area contributed by atoms with E-state index in [-0.39, 0.29) is 11.4 Å². The van der Waals surface area contributed by atoms with Crippen LogP contribution in [-0.4, -0.2) is 25.7 Å². The molecule has 76 valence electrons. The van der Waals surface area contributed by atoms with Crippen LogP contribution in [0.2, 0.25) is 0 Å². The van der Waals surface area contributed by atoms with E-state index in [4.69, 9.17) is 0 Å². The Morgan fingerprint density at radius 3 is 1.85 bits per heavy atom. The second kappa shape index (κ2) is 4.61. The largest absolute Gasteiger partial charge is 0.464 e. The molecule has 0 aliphatic carbocycles. The van der Waals surface area contributed by atoms with Crippen molar-refractivity contribution in [2.75, 3.05) is 19.7 Å². The molecular formula is C10H19NO2. The average molecular weight is 185 g/mol. The molecule has 2 fully saturated rings. The van der Waals surface area contributed by atoms with Gasteiger partial charge >= 0.3 is 5.97 Å². The third-order valence-corrected chi connectivity index (χ3v) is 2.32. The van der Waals surface area contributed by atoms with Crippen LogP contribution in [0.15, 0.2) is 0 Å². The van der Waals surface area contributed by atoms with Crippen molar-refractivity contribution in [3.05, 3.63) is 0 Å². The van der Waals surface area contributed by atoms with Gasteiger partial charge in [0.1, 0.15) is 6.61 Å². The molecule has 0 unspecified atom stereocenters. The van der Waals surface area contributed by atoms with Crippen LogP contribution in [0, 0.1) is 5.41 Å². The van der Waals surface area contributed by atoms with Crippen molar-refractivity contribution in [3.63, 3.8) is 0 Å². The number of ether oxygens (including phenoxy) is 1. The van der Waals surface area contributed by atoms with Crippen molar-refractivity contribution in [2.24, 2.45) is 5.41 Å². The molecule has 2 heterocycles. The van der Waals surface area contributed by atoms with E-state index in [0.29, 0.717) is 6.61 Å². The van der Waals surface area contributed by atoms with Crippen LogP contribution in [0.1, 0.15) is 33.1 Å². The molecule has 0 aromatic heterocycles. The molecule has 2 saturated heterocycles. The van der Waals surface area contributed by atoms with Gasteiger partial charge in [0.15, 0.2) is 0 Å². The highest BCUT2D eigenvalue weighted by Crippen LogP contribution is 2.26. The van der Waals surface area contributed by atoms with E-state index in [0.717, 1.165) is 0 Å². The molecule has 0 spiro atoms. The molecule has 3 nitrogen and oxygen atoms in total. The second-order valence-electron chi connectivity index (χ2n) is 4.27. The SMILES string of the molecule is C1CCNCC1.CC1(C)COC1=O. The highest BCUT2D eigenvalue weighted by atomic mass is 16.6. The fourth-order valence-electron chi connectivity index (χ4n) is 1.22. The number of nitrogens with one attached hydrogen (secondary N) is 1. The molecule has 0 saturated carbocycles. The van der Waals surface area contributed by atoms with Gasteiger partial charge in [0.2, 0.25) is 0 Å². The summed E-state index contributed by atoms with van der Waals surface area (Å²) in [5, 5.41) is 3.28. The number of carbonyl (C=O) groups is 1. The van der Waals surface area contributed by atoms with Gasteiger partial charge in [-0.05, 0) is 39.8 Å². The van der Waals surface area contributed by atoms with Gasteiger partial charge in [0, 0.05) is 0 Å². The number of hydrogen-bond donors (Lipinski definition) is 1. The Kier molecular flexibility index (Phi) is 3.72. The molecule has 3 heteroatoms. The number of rotatable bonds is 0. The minimum Gasteiger partial charge on any atom is -0.464 e. The third kappa shape index (κ3) is 3.35. The lowest BCUT2D eigenvalue weighted by Gasteiger charge is -2.31. The first-order valence-electron chi connectivity index (χ1n) is 5.01. The summed E-state index contributed by atoms with van der Waals surface area (Å²) in [4.78, 5) is 10.3. The van der Waals surface area contributed by atoms with E-state index in [1.54, 1.807) is 0 Å². The van der Waals surface area contributed by atoms with Crippen molar-refractivity contribution >= 4 is 5.97 Å². The lowest BCUT2D eigenvalue weighted by Crippen LogP contribution is -2.42. The van der Waals surface area contributed by atoms with Gasteiger partial charge in [0.05, 0.1) is 5.41 Å². The van der Waals surface area contributed by atoms with Gasteiger partial charge in [-0.1, -0.05) is 6.42 Å². The van der Waals surface area contributed by atoms with Crippen LogP contribution in [0.25, 0.3) is 0 Å². The maximum Gasteiger partial charge on any atom is 0.315 e. The summed E-state index contributed by atoms with van der Waals surface area (Å²) >= 11 is 0. The lowest BCUT2D eigenvalue weighted by atomic mass is 9.91. The quantitative estimate of drug-likeness (QED) is 0.579. The van der Waals surface area contributed by atoms with E-state index in [1.165, 1.54) is 32.4 Å². The number of carbonyl (C=O) groups excluding carboxylic acids is 1. The summed E-state index contributed by atoms with van der Waals surface area (Å²) in [6, 6.07) is 0. The Bertz CT molecular complexity index is 162.